The fraction of sp³-hybridized carbons (Fsp3) is 0.467. The molecule has 6 aromatic heterocycles. The first-order valence-corrected chi connectivity index (χ1v) is 29.9. The van der Waals surface area contributed by atoms with E-state index in [1.54, 1.807) is 108 Å². The van der Waals surface area contributed by atoms with Gasteiger partial charge in [0.15, 0.2) is 11.3 Å². The van der Waals surface area contributed by atoms with Gasteiger partial charge in [-0.25, -0.2) is 52.0 Å². The lowest BCUT2D eigenvalue weighted by atomic mass is 10.0. The van der Waals surface area contributed by atoms with E-state index in [4.69, 9.17) is 28.9 Å². The van der Waals surface area contributed by atoms with Crippen LogP contribution in [0, 0.1) is 18.6 Å². The van der Waals surface area contributed by atoms with Gasteiger partial charge in [-0.15, -0.1) is 4.28 Å². The predicted molar refractivity (Wildman–Crippen MR) is 324 cm³/mol. The molecule has 0 bridgehead atoms. The van der Waals surface area contributed by atoms with Crippen molar-refractivity contribution in [2.24, 2.45) is 0 Å². The van der Waals surface area contributed by atoms with Crippen molar-refractivity contribution in [3.8, 4) is 0 Å². The molecule has 8 heterocycles. The summed E-state index contributed by atoms with van der Waals surface area (Å²) in [6.45, 7) is 18.9. The van der Waals surface area contributed by atoms with Crippen LogP contribution in [0.5, 0.6) is 0 Å². The second-order valence-corrected chi connectivity index (χ2v) is 23.9. The fourth-order valence-corrected chi connectivity index (χ4v) is 10.3. The molecule has 0 saturated carbocycles. The summed E-state index contributed by atoms with van der Waals surface area (Å²) in [5.41, 5.74) is 8.76. The zero-order chi connectivity index (χ0) is 63.2. The van der Waals surface area contributed by atoms with Crippen molar-refractivity contribution in [2.75, 3.05) is 63.3 Å². The Morgan fingerprint density at radius 2 is 1.16 bits per heavy atom. The van der Waals surface area contributed by atoms with Crippen molar-refractivity contribution in [3.05, 3.63) is 137 Å². The molecule has 0 spiro atoms. The molecule has 3 N–H and O–H groups in total. The molecule has 7 aromatic rings. The van der Waals surface area contributed by atoms with Gasteiger partial charge >= 0.3 is 34.2 Å². The van der Waals surface area contributed by atoms with E-state index in [2.05, 4.69) is 45.0 Å². The minimum absolute atomic E-state index is 0. The summed E-state index contributed by atoms with van der Waals surface area (Å²) in [5, 5.41) is 13.1. The Morgan fingerprint density at radius 3 is 1.61 bits per heavy atom. The van der Waals surface area contributed by atoms with E-state index in [0.717, 1.165) is 79.1 Å². The molecular formula is C60H80F2N14O11S. The Balaban J connectivity index is 0.000000221. The average molecular weight is 1240 g/mol. The molecule has 2 unspecified atom stereocenters. The maximum Gasteiger partial charge on any atom is 0.432 e. The van der Waals surface area contributed by atoms with Crippen LogP contribution in [-0.2, 0) is 46.2 Å². The molecule has 2 aliphatic rings. The van der Waals surface area contributed by atoms with E-state index in [9.17, 15) is 36.4 Å². The maximum atomic E-state index is 14.4. The number of nitrogens with one attached hydrogen (secondary N) is 3. The molecule has 476 valence electrons. The molecule has 88 heavy (non-hydrogen) atoms. The van der Waals surface area contributed by atoms with Crippen molar-refractivity contribution >= 4 is 57.2 Å². The molecule has 1 aromatic carbocycles. The van der Waals surface area contributed by atoms with Crippen molar-refractivity contribution in [1.29, 1.82) is 0 Å². The van der Waals surface area contributed by atoms with Gasteiger partial charge < -0.3 is 34.1 Å². The van der Waals surface area contributed by atoms with E-state index in [1.165, 1.54) is 47.5 Å². The van der Waals surface area contributed by atoms with Crippen LogP contribution in [0.1, 0.15) is 149 Å². The Hall–Kier alpha value is -8.47. The summed E-state index contributed by atoms with van der Waals surface area (Å²) in [4.78, 5) is 70.3. The summed E-state index contributed by atoms with van der Waals surface area (Å²) >= 11 is 0. The van der Waals surface area contributed by atoms with E-state index in [1.807, 2.05) is 26.1 Å². The van der Waals surface area contributed by atoms with Gasteiger partial charge in [0, 0.05) is 69.8 Å². The van der Waals surface area contributed by atoms with Gasteiger partial charge in [0.2, 0.25) is 0 Å². The zero-order valence-electron chi connectivity index (χ0n) is 50.8. The monoisotopic (exact) mass is 1240 g/mol. The van der Waals surface area contributed by atoms with Crippen molar-refractivity contribution in [2.45, 2.75) is 136 Å². The minimum atomic E-state index is -4.04. The van der Waals surface area contributed by atoms with Crippen LogP contribution < -0.4 is 26.0 Å². The predicted octanol–water partition coefficient (Wildman–Crippen LogP) is 9.02. The molecule has 25 nitrogen and oxygen atoms in total. The highest BCUT2D eigenvalue weighted by Gasteiger charge is 2.33. The average Bonchev–Trinajstić information content (AvgIpc) is 2.26. The number of aryl methyl sites for hydroxylation is 1. The quantitative estimate of drug-likeness (QED) is 0.0410. The van der Waals surface area contributed by atoms with E-state index >= 15 is 0 Å². The molecule has 28 heteroatoms. The molecule has 0 radical (unpaired) electrons. The number of nitrogens with zero attached hydrogens (tertiary/aromatic N) is 11. The number of rotatable bonds is 18. The fourth-order valence-electron chi connectivity index (χ4n) is 9.60. The van der Waals surface area contributed by atoms with Gasteiger partial charge in [-0.2, -0.15) is 24.1 Å². The molecule has 2 atom stereocenters. The highest BCUT2D eigenvalue weighted by atomic mass is 32.2. The number of likely N-dealkylation sites (N-methyl/N-ethyl adjacent to an activating group) is 2. The smallest absolute Gasteiger partial charge is 0.432 e. The number of carbonyl (C=O) groups excluding carboxylic acids is 4. The van der Waals surface area contributed by atoms with E-state index in [0.29, 0.717) is 42.2 Å². The number of halogens is 2. The maximum absolute atomic E-state index is 14.4. The minimum Gasteiger partial charge on any atom is -0.462 e. The third-order valence-corrected chi connectivity index (χ3v) is 14.5. The molecule has 0 aliphatic carbocycles. The van der Waals surface area contributed by atoms with Gasteiger partial charge in [-0.1, -0.05) is 25.1 Å². The number of fused-ring (bicyclic) bond motifs is 2. The lowest BCUT2D eigenvalue weighted by Gasteiger charge is -2.28. The number of carbonyl (C=O) groups is 4. The number of benzene rings is 1. The first kappa shape index (κ1) is 68.6. The number of hydroxylamine groups is 1. The SMILES string of the molecule is C.CCOC(=O)c1cnn2ccc(N3CCCC3c3cc(F)cnc3CCN(C)NC(=O)OC(C)(C)C)nc12.CCOC(=O)c1cnn2ccc(N3CCCC3c3cc(F)cnc3CCNC)nc12.Cc1ccc(S(=O)(=O)ONC(=O)OC(C)(C)C)cc1. The van der Waals surface area contributed by atoms with E-state index < -0.39 is 51.3 Å². The number of hydrazine groups is 1. The van der Waals surface area contributed by atoms with Crippen molar-refractivity contribution < 1.29 is 59.6 Å². The number of esters is 2. The second kappa shape index (κ2) is 30.4. The summed E-state index contributed by atoms with van der Waals surface area (Å²) in [7, 11) is -0.417. The summed E-state index contributed by atoms with van der Waals surface area (Å²) in [6, 6.07) is 12.7. The molecule has 9 rings (SSSR count). The van der Waals surface area contributed by atoms with Gasteiger partial charge in [0.25, 0.3) is 0 Å². The Morgan fingerprint density at radius 1 is 0.693 bits per heavy atom. The standard InChI is InChI=1S/C26H34FN7O4.C21H25FN6O2.C12H17NO5S.CH4/c1-6-37-24(35)19-16-29-34-13-10-22(30-23(19)34)33-11-7-8-21(33)18-14-17(27)15-28-20(18)9-12-32(5)31-25(36)38-26(2,3)4;1-3-30-21(29)16-13-25-28-10-7-19(26-20(16)28)27-9-4-5-18(27)15-11-14(22)12-24-17(15)6-8-23-2;1-9-5-7-10(8-6-9)19(15,16)18-13-11(14)17-12(2,3)4;/h10,13-16,21H,6-9,11-12H2,1-5H3,(H,31,36);7,10-13,18,23H,3-6,8-9H2,1-2H3;5-8H,1-4H3,(H,13,14);1H4. The number of amides is 2. The highest BCUT2D eigenvalue weighted by Crippen LogP contribution is 2.39. The number of anilines is 2. The summed E-state index contributed by atoms with van der Waals surface area (Å²) in [6.07, 6.45) is 12.1. The lowest BCUT2D eigenvalue weighted by molar-refractivity contribution is 0.0297. The van der Waals surface area contributed by atoms with Gasteiger partial charge in [0.1, 0.15) is 45.6 Å². The molecular weight excluding hydrogens is 1160 g/mol. The third kappa shape index (κ3) is 18.5. The zero-order valence-corrected chi connectivity index (χ0v) is 51.6. The van der Waals surface area contributed by atoms with Crippen molar-refractivity contribution in [1.82, 2.24) is 60.4 Å². The molecule has 2 amide bonds. The van der Waals surface area contributed by atoms with Crippen LogP contribution in [0.2, 0.25) is 0 Å². The number of ether oxygens (including phenoxy) is 4. The van der Waals surface area contributed by atoms with Gasteiger partial charge in [0.05, 0.1) is 55.0 Å². The van der Waals surface area contributed by atoms with Gasteiger partial charge in [-0.05, 0) is 143 Å². The van der Waals surface area contributed by atoms with Gasteiger partial charge in [-0.3, -0.25) is 15.4 Å². The number of hydrogen-bond acceptors (Lipinski definition) is 21. The first-order chi connectivity index (χ1) is 41.3. The normalized spacial score (nSPS) is 15.0. The Labute approximate surface area is 511 Å². The second-order valence-electron chi connectivity index (χ2n) is 22.3. The lowest BCUT2D eigenvalue weighted by Crippen LogP contribution is -2.43. The highest BCUT2D eigenvalue weighted by molar-refractivity contribution is 7.86. The number of pyridine rings is 2. The van der Waals surface area contributed by atoms with Crippen molar-refractivity contribution in [3.63, 3.8) is 0 Å². The van der Waals surface area contributed by atoms with Crippen LogP contribution in [0.3, 0.4) is 0 Å². The van der Waals surface area contributed by atoms with Crippen LogP contribution >= 0.6 is 0 Å². The summed E-state index contributed by atoms with van der Waals surface area (Å²) in [5.74, 6) is -0.303. The third-order valence-electron chi connectivity index (χ3n) is 13.4. The molecule has 2 fully saturated rings. The van der Waals surface area contributed by atoms with E-state index in [-0.39, 0.29) is 49.0 Å². The van der Waals surface area contributed by atoms with Crippen LogP contribution in [-0.4, -0.2) is 141 Å². The first-order valence-electron chi connectivity index (χ1n) is 28.5. The number of hydrogen-bond donors (Lipinski definition) is 3. The summed E-state index contributed by atoms with van der Waals surface area (Å²) < 4.78 is 79.8. The number of aromatic nitrogens is 8. The molecule has 2 saturated heterocycles. The Kier molecular flexibility index (Phi) is 23.7. The van der Waals surface area contributed by atoms with Crippen LogP contribution in [0.15, 0.2) is 90.6 Å². The largest absolute Gasteiger partial charge is 0.462 e. The van der Waals surface area contributed by atoms with Crippen LogP contribution in [0.25, 0.3) is 11.3 Å². The Bertz CT molecular complexity index is 3630. The topological polar surface area (TPSA) is 281 Å². The molecule has 2 aliphatic heterocycles. The van der Waals surface area contributed by atoms with Crippen LogP contribution in [0.4, 0.5) is 30.0 Å².